The maximum Gasteiger partial charge on any atom is 0.0840 e. The first-order chi connectivity index (χ1) is 10.8. The van der Waals surface area contributed by atoms with E-state index in [0.717, 1.165) is 19.1 Å². The molecule has 120 valence electrons. The van der Waals surface area contributed by atoms with Crippen molar-refractivity contribution in [3.63, 3.8) is 0 Å². The van der Waals surface area contributed by atoms with E-state index in [9.17, 15) is 0 Å². The van der Waals surface area contributed by atoms with Crippen LogP contribution in [-0.4, -0.2) is 47.3 Å². The van der Waals surface area contributed by atoms with Crippen LogP contribution in [0.3, 0.4) is 0 Å². The molecule has 1 spiro atoms. The van der Waals surface area contributed by atoms with Gasteiger partial charge in [-0.05, 0) is 43.4 Å². The van der Waals surface area contributed by atoms with Crippen LogP contribution >= 0.6 is 0 Å². The van der Waals surface area contributed by atoms with E-state index in [4.69, 9.17) is 9.47 Å². The summed E-state index contributed by atoms with van der Waals surface area (Å²) < 4.78 is 12.3. The lowest BCUT2D eigenvalue weighted by Gasteiger charge is -2.45. The molecule has 2 aliphatic heterocycles. The molecule has 4 nitrogen and oxygen atoms in total. The van der Waals surface area contributed by atoms with Gasteiger partial charge in [0.25, 0.3) is 0 Å². The van der Waals surface area contributed by atoms with Crippen molar-refractivity contribution in [2.24, 2.45) is 0 Å². The fourth-order valence-electron chi connectivity index (χ4n) is 4.00. The molecule has 1 saturated carbocycles. The third-order valence-electron chi connectivity index (χ3n) is 5.71. The molecule has 4 rings (SSSR count). The first-order valence-electron chi connectivity index (χ1n) is 8.72. The van der Waals surface area contributed by atoms with Crippen LogP contribution in [0, 0.1) is 0 Å². The average molecular weight is 302 g/mol. The van der Waals surface area contributed by atoms with Gasteiger partial charge < -0.3 is 14.4 Å². The molecule has 0 bridgehead atoms. The molecular formula is C18H26N2O2. The molecule has 1 unspecified atom stereocenters. The first kappa shape index (κ1) is 14.6. The summed E-state index contributed by atoms with van der Waals surface area (Å²) in [4.78, 5) is 6.73. The van der Waals surface area contributed by atoms with Gasteiger partial charge in [-0.2, -0.15) is 0 Å². The van der Waals surface area contributed by atoms with Gasteiger partial charge in [-0.1, -0.05) is 6.42 Å². The van der Waals surface area contributed by atoms with E-state index < -0.39 is 0 Å². The quantitative estimate of drug-likeness (QED) is 0.856. The molecule has 0 aromatic carbocycles. The Hall–Kier alpha value is -0.970. The van der Waals surface area contributed by atoms with Crippen LogP contribution in [0.2, 0.25) is 0 Å². The van der Waals surface area contributed by atoms with Gasteiger partial charge >= 0.3 is 0 Å². The Kier molecular flexibility index (Phi) is 4.16. The largest absolute Gasteiger partial charge is 0.372 e. The molecule has 4 heteroatoms. The van der Waals surface area contributed by atoms with Gasteiger partial charge in [-0.3, -0.25) is 4.98 Å². The van der Waals surface area contributed by atoms with Crippen molar-refractivity contribution in [1.82, 2.24) is 9.88 Å². The number of aromatic nitrogens is 1. The summed E-state index contributed by atoms with van der Waals surface area (Å²) in [5.41, 5.74) is 1.29. The summed E-state index contributed by atoms with van der Waals surface area (Å²) in [6.07, 6.45) is 11.6. The maximum atomic E-state index is 6.20. The predicted octanol–water partition coefficient (Wildman–Crippen LogP) is 2.77. The number of rotatable bonds is 4. The molecule has 0 amide bonds. The standard InChI is InChI=1S/C18H26N2O2/c1-2-16(3-1)20-10-6-18(7-11-20)12-17(14-22-18)21-13-15-4-8-19-9-5-15/h4-5,8-9,16-17H,1-3,6-7,10-14H2. The Morgan fingerprint density at radius 1 is 1.23 bits per heavy atom. The van der Waals surface area contributed by atoms with Crippen molar-refractivity contribution >= 4 is 0 Å². The molecule has 1 atom stereocenters. The second-order valence-electron chi connectivity index (χ2n) is 7.11. The zero-order valence-corrected chi connectivity index (χ0v) is 13.2. The highest BCUT2D eigenvalue weighted by Gasteiger charge is 2.44. The Bertz CT molecular complexity index is 481. The zero-order chi connectivity index (χ0) is 14.8. The lowest BCUT2D eigenvalue weighted by molar-refractivity contribution is -0.0584. The number of hydrogen-bond donors (Lipinski definition) is 0. The summed E-state index contributed by atoms with van der Waals surface area (Å²) in [5, 5.41) is 0. The van der Waals surface area contributed by atoms with Crippen LogP contribution < -0.4 is 0 Å². The minimum absolute atomic E-state index is 0.100. The predicted molar refractivity (Wildman–Crippen MR) is 84.6 cm³/mol. The highest BCUT2D eigenvalue weighted by Crippen LogP contribution is 2.39. The highest BCUT2D eigenvalue weighted by molar-refractivity contribution is 5.08. The lowest BCUT2D eigenvalue weighted by atomic mass is 9.84. The van der Waals surface area contributed by atoms with E-state index in [2.05, 4.69) is 9.88 Å². The molecule has 3 fully saturated rings. The number of nitrogens with zero attached hydrogens (tertiary/aromatic N) is 2. The molecule has 22 heavy (non-hydrogen) atoms. The summed E-state index contributed by atoms with van der Waals surface area (Å²) in [5.74, 6) is 0. The summed E-state index contributed by atoms with van der Waals surface area (Å²) in [6, 6.07) is 4.91. The SMILES string of the molecule is c1cc(COC2COC3(CCN(C4CCC4)CC3)C2)ccn1. The number of hydrogen-bond acceptors (Lipinski definition) is 4. The minimum atomic E-state index is 0.100. The maximum absolute atomic E-state index is 6.20. The Morgan fingerprint density at radius 2 is 2.00 bits per heavy atom. The van der Waals surface area contributed by atoms with E-state index in [1.165, 1.54) is 50.8 Å². The van der Waals surface area contributed by atoms with Gasteiger partial charge in [0.15, 0.2) is 0 Å². The molecule has 1 aromatic rings. The average Bonchev–Trinajstić information content (AvgIpc) is 2.90. The zero-order valence-electron chi connectivity index (χ0n) is 13.2. The lowest BCUT2D eigenvalue weighted by Crippen LogP contribution is -2.50. The van der Waals surface area contributed by atoms with Gasteiger partial charge in [0.2, 0.25) is 0 Å². The minimum Gasteiger partial charge on any atom is -0.372 e. The second-order valence-corrected chi connectivity index (χ2v) is 7.11. The summed E-state index contributed by atoms with van der Waals surface area (Å²) in [6.45, 7) is 3.85. The van der Waals surface area contributed by atoms with Crippen LogP contribution in [-0.2, 0) is 16.1 Å². The van der Waals surface area contributed by atoms with Crippen LogP contribution in [0.15, 0.2) is 24.5 Å². The number of pyridine rings is 1. The summed E-state index contributed by atoms with van der Waals surface area (Å²) >= 11 is 0. The molecule has 3 aliphatic rings. The van der Waals surface area contributed by atoms with E-state index in [0.29, 0.717) is 6.61 Å². The van der Waals surface area contributed by atoms with Crippen molar-refractivity contribution in [2.75, 3.05) is 19.7 Å². The Morgan fingerprint density at radius 3 is 2.68 bits per heavy atom. The fraction of sp³-hybridized carbons (Fsp3) is 0.722. The molecule has 1 aromatic heterocycles. The monoisotopic (exact) mass is 302 g/mol. The van der Waals surface area contributed by atoms with Crippen LogP contribution in [0.25, 0.3) is 0 Å². The van der Waals surface area contributed by atoms with Gasteiger partial charge in [0.05, 0.1) is 24.9 Å². The van der Waals surface area contributed by atoms with Gasteiger partial charge in [0.1, 0.15) is 0 Å². The molecular weight excluding hydrogens is 276 g/mol. The third kappa shape index (κ3) is 3.05. The molecule has 3 heterocycles. The van der Waals surface area contributed by atoms with E-state index in [1.807, 2.05) is 24.5 Å². The molecule has 2 saturated heterocycles. The number of ether oxygens (including phenoxy) is 2. The topological polar surface area (TPSA) is 34.6 Å². The van der Waals surface area contributed by atoms with Crippen LogP contribution in [0.4, 0.5) is 0 Å². The first-order valence-corrected chi connectivity index (χ1v) is 8.72. The molecule has 1 aliphatic carbocycles. The van der Waals surface area contributed by atoms with Crippen molar-refractivity contribution in [3.8, 4) is 0 Å². The van der Waals surface area contributed by atoms with E-state index >= 15 is 0 Å². The van der Waals surface area contributed by atoms with Crippen molar-refractivity contribution in [1.29, 1.82) is 0 Å². The van der Waals surface area contributed by atoms with Gasteiger partial charge in [0, 0.05) is 37.9 Å². The third-order valence-corrected chi connectivity index (χ3v) is 5.71. The Balaban J connectivity index is 1.25. The van der Waals surface area contributed by atoms with E-state index in [-0.39, 0.29) is 11.7 Å². The van der Waals surface area contributed by atoms with Crippen LogP contribution in [0.5, 0.6) is 0 Å². The molecule has 0 N–H and O–H groups in total. The van der Waals surface area contributed by atoms with Crippen LogP contribution in [0.1, 0.15) is 44.1 Å². The normalized spacial score (nSPS) is 28.8. The van der Waals surface area contributed by atoms with Crippen molar-refractivity contribution in [2.45, 2.75) is 62.9 Å². The van der Waals surface area contributed by atoms with Gasteiger partial charge in [-0.15, -0.1) is 0 Å². The smallest absolute Gasteiger partial charge is 0.0840 e. The second kappa shape index (κ2) is 6.26. The summed E-state index contributed by atoms with van der Waals surface area (Å²) in [7, 11) is 0. The number of piperidine rings is 1. The fourth-order valence-corrected chi connectivity index (χ4v) is 4.00. The van der Waals surface area contributed by atoms with Gasteiger partial charge in [-0.25, -0.2) is 0 Å². The Labute approximate surface area is 132 Å². The molecule has 0 radical (unpaired) electrons. The van der Waals surface area contributed by atoms with Crippen molar-refractivity contribution < 1.29 is 9.47 Å². The van der Waals surface area contributed by atoms with Crippen molar-refractivity contribution in [3.05, 3.63) is 30.1 Å². The van der Waals surface area contributed by atoms with E-state index in [1.54, 1.807) is 0 Å². The number of likely N-dealkylation sites (tertiary alicyclic amines) is 1. The highest BCUT2D eigenvalue weighted by atomic mass is 16.6.